The summed E-state index contributed by atoms with van der Waals surface area (Å²) in [6.45, 7) is 3.01. The van der Waals surface area contributed by atoms with Gasteiger partial charge < -0.3 is 10.6 Å². The highest BCUT2D eigenvalue weighted by Crippen LogP contribution is 2.09. The Bertz CT molecular complexity index is 593. The van der Waals surface area contributed by atoms with E-state index in [0.29, 0.717) is 18.8 Å². The smallest absolute Gasteiger partial charge is 0.272 e. The van der Waals surface area contributed by atoms with Crippen molar-refractivity contribution in [2.24, 2.45) is 5.73 Å². The fourth-order valence-electron chi connectivity index (χ4n) is 1.95. The molecule has 1 aromatic carbocycles. The standard InChI is InChI=1S/C16H19N3O/c1-12-3-5-13(6-4-12)11-19(2)16(20)15-9-14(10-17)7-8-18-15/h3-9H,10-11,17H2,1-2H3. The Morgan fingerprint density at radius 2 is 1.90 bits per heavy atom. The summed E-state index contributed by atoms with van der Waals surface area (Å²) < 4.78 is 0. The molecular formula is C16H19N3O. The zero-order valence-electron chi connectivity index (χ0n) is 11.8. The van der Waals surface area contributed by atoms with Gasteiger partial charge in [0.05, 0.1) is 0 Å². The summed E-state index contributed by atoms with van der Waals surface area (Å²) in [6.07, 6.45) is 1.62. The number of aromatic nitrogens is 1. The molecule has 0 atom stereocenters. The number of carbonyl (C=O) groups is 1. The number of pyridine rings is 1. The van der Waals surface area contributed by atoms with Crippen LogP contribution in [-0.2, 0) is 13.1 Å². The number of carbonyl (C=O) groups excluding carboxylic acids is 1. The molecule has 2 rings (SSSR count). The van der Waals surface area contributed by atoms with Gasteiger partial charge in [0.15, 0.2) is 0 Å². The van der Waals surface area contributed by atoms with Crippen LogP contribution in [0.5, 0.6) is 0 Å². The van der Waals surface area contributed by atoms with Crippen LogP contribution >= 0.6 is 0 Å². The Morgan fingerprint density at radius 1 is 1.20 bits per heavy atom. The normalized spacial score (nSPS) is 10.3. The number of nitrogens with zero attached hydrogens (tertiary/aromatic N) is 2. The zero-order valence-corrected chi connectivity index (χ0v) is 11.8. The second-order valence-corrected chi connectivity index (χ2v) is 4.90. The topological polar surface area (TPSA) is 59.2 Å². The van der Waals surface area contributed by atoms with Gasteiger partial charge in [-0.05, 0) is 30.2 Å². The first-order valence-electron chi connectivity index (χ1n) is 6.56. The first-order chi connectivity index (χ1) is 9.60. The van der Waals surface area contributed by atoms with Crippen LogP contribution in [-0.4, -0.2) is 22.8 Å². The van der Waals surface area contributed by atoms with Crippen LogP contribution in [0.2, 0.25) is 0 Å². The number of nitrogens with two attached hydrogens (primary N) is 1. The Morgan fingerprint density at radius 3 is 2.55 bits per heavy atom. The van der Waals surface area contributed by atoms with Crippen molar-refractivity contribution in [1.82, 2.24) is 9.88 Å². The van der Waals surface area contributed by atoms with Gasteiger partial charge in [-0.15, -0.1) is 0 Å². The molecule has 1 amide bonds. The van der Waals surface area contributed by atoms with E-state index in [1.165, 1.54) is 5.56 Å². The Kier molecular flexibility index (Phi) is 4.48. The summed E-state index contributed by atoms with van der Waals surface area (Å²) in [4.78, 5) is 18.1. The van der Waals surface area contributed by atoms with E-state index in [1.54, 1.807) is 24.2 Å². The predicted octanol–water partition coefficient (Wildman–Crippen LogP) is 2.12. The van der Waals surface area contributed by atoms with Gasteiger partial charge in [-0.3, -0.25) is 9.78 Å². The molecule has 0 saturated heterocycles. The van der Waals surface area contributed by atoms with Crippen LogP contribution < -0.4 is 5.73 Å². The molecule has 0 bridgehead atoms. The minimum Gasteiger partial charge on any atom is -0.336 e. The average Bonchev–Trinajstić information content (AvgIpc) is 2.48. The SMILES string of the molecule is Cc1ccc(CN(C)C(=O)c2cc(CN)ccn2)cc1. The Balaban J connectivity index is 2.09. The number of rotatable bonds is 4. The fourth-order valence-corrected chi connectivity index (χ4v) is 1.95. The van der Waals surface area contributed by atoms with Gasteiger partial charge in [0.1, 0.15) is 5.69 Å². The van der Waals surface area contributed by atoms with E-state index in [4.69, 9.17) is 5.73 Å². The highest BCUT2D eigenvalue weighted by molar-refractivity contribution is 5.92. The van der Waals surface area contributed by atoms with Crippen LogP contribution in [0.25, 0.3) is 0 Å². The quantitative estimate of drug-likeness (QED) is 0.925. The predicted molar refractivity (Wildman–Crippen MR) is 79.1 cm³/mol. The molecule has 0 saturated carbocycles. The van der Waals surface area contributed by atoms with Crippen molar-refractivity contribution < 1.29 is 4.79 Å². The van der Waals surface area contributed by atoms with E-state index in [2.05, 4.69) is 4.98 Å². The highest BCUT2D eigenvalue weighted by Gasteiger charge is 2.13. The van der Waals surface area contributed by atoms with Crippen LogP contribution in [0.4, 0.5) is 0 Å². The van der Waals surface area contributed by atoms with Crippen molar-refractivity contribution >= 4 is 5.91 Å². The lowest BCUT2D eigenvalue weighted by Crippen LogP contribution is -2.27. The van der Waals surface area contributed by atoms with Crippen LogP contribution in [0.3, 0.4) is 0 Å². The second-order valence-electron chi connectivity index (χ2n) is 4.90. The zero-order chi connectivity index (χ0) is 14.5. The number of benzene rings is 1. The molecule has 4 nitrogen and oxygen atoms in total. The minimum atomic E-state index is -0.0964. The van der Waals surface area contributed by atoms with Crippen molar-refractivity contribution in [3.8, 4) is 0 Å². The largest absolute Gasteiger partial charge is 0.336 e. The van der Waals surface area contributed by atoms with Crippen molar-refractivity contribution in [1.29, 1.82) is 0 Å². The lowest BCUT2D eigenvalue weighted by atomic mass is 10.1. The third-order valence-corrected chi connectivity index (χ3v) is 3.17. The first-order valence-corrected chi connectivity index (χ1v) is 6.56. The number of hydrogen-bond acceptors (Lipinski definition) is 3. The minimum absolute atomic E-state index is 0.0964. The van der Waals surface area contributed by atoms with E-state index < -0.39 is 0 Å². The maximum absolute atomic E-state index is 12.3. The molecule has 2 aromatic rings. The molecule has 0 unspecified atom stereocenters. The molecule has 1 heterocycles. The molecule has 0 aliphatic heterocycles. The number of aryl methyl sites for hydroxylation is 1. The summed E-state index contributed by atoms with van der Waals surface area (Å²) >= 11 is 0. The summed E-state index contributed by atoms with van der Waals surface area (Å²) in [5.74, 6) is -0.0964. The van der Waals surface area contributed by atoms with Crippen molar-refractivity contribution in [3.63, 3.8) is 0 Å². The molecular weight excluding hydrogens is 250 g/mol. The highest BCUT2D eigenvalue weighted by atomic mass is 16.2. The lowest BCUT2D eigenvalue weighted by molar-refractivity contribution is 0.0779. The summed E-state index contributed by atoms with van der Waals surface area (Å²) in [5.41, 5.74) is 9.23. The van der Waals surface area contributed by atoms with Gasteiger partial charge in [0.2, 0.25) is 0 Å². The van der Waals surface area contributed by atoms with Crippen molar-refractivity contribution in [2.45, 2.75) is 20.0 Å². The van der Waals surface area contributed by atoms with Crippen molar-refractivity contribution in [3.05, 3.63) is 65.0 Å². The third kappa shape index (κ3) is 3.42. The van der Waals surface area contributed by atoms with E-state index in [9.17, 15) is 4.79 Å². The molecule has 0 aliphatic carbocycles. The second kappa shape index (κ2) is 6.30. The maximum atomic E-state index is 12.3. The van der Waals surface area contributed by atoms with Crippen LogP contribution in [0, 0.1) is 6.92 Å². The Labute approximate surface area is 119 Å². The lowest BCUT2D eigenvalue weighted by Gasteiger charge is -2.17. The summed E-state index contributed by atoms with van der Waals surface area (Å²) in [5, 5.41) is 0. The van der Waals surface area contributed by atoms with E-state index in [-0.39, 0.29) is 5.91 Å². The van der Waals surface area contributed by atoms with Crippen molar-refractivity contribution in [2.75, 3.05) is 7.05 Å². The first kappa shape index (κ1) is 14.2. The third-order valence-electron chi connectivity index (χ3n) is 3.17. The maximum Gasteiger partial charge on any atom is 0.272 e. The molecule has 0 aliphatic rings. The van der Waals surface area contributed by atoms with Gasteiger partial charge in [-0.25, -0.2) is 0 Å². The molecule has 20 heavy (non-hydrogen) atoms. The summed E-state index contributed by atoms with van der Waals surface area (Å²) in [7, 11) is 1.78. The van der Waals surface area contributed by atoms with Gasteiger partial charge >= 0.3 is 0 Å². The van der Waals surface area contributed by atoms with E-state index in [1.807, 2.05) is 37.3 Å². The Hall–Kier alpha value is -2.20. The van der Waals surface area contributed by atoms with Gasteiger partial charge in [-0.1, -0.05) is 29.8 Å². The molecule has 2 N–H and O–H groups in total. The number of hydrogen-bond donors (Lipinski definition) is 1. The molecule has 0 fully saturated rings. The van der Waals surface area contributed by atoms with Gasteiger partial charge in [-0.2, -0.15) is 0 Å². The van der Waals surface area contributed by atoms with E-state index >= 15 is 0 Å². The molecule has 0 spiro atoms. The molecule has 0 radical (unpaired) electrons. The molecule has 4 heteroatoms. The van der Waals surface area contributed by atoms with Gasteiger partial charge in [0.25, 0.3) is 5.91 Å². The fraction of sp³-hybridized carbons (Fsp3) is 0.250. The van der Waals surface area contributed by atoms with E-state index in [0.717, 1.165) is 11.1 Å². The molecule has 104 valence electrons. The molecule has 1 aromatic heterocycles. The average molecular weight is 269 g/mol. The summed E-state index contributed by atoms with van der Waals surface area (Å²) in [6, 6.07) is 11.7. The van der Waals surface area contributed by atoms with Gasteiger partial charge in [0, 0.05) is 26.3 Å². The van der Waals surface area contributed by atoms with Crippen LogP contribution in [0.1, 0.15) is 27.2 Å². The van der Waals surface area contributed by atoms with Crippen LogP contribution in [0.15, 0.2) is 42.6 Å². The number of amides is 1. The monoisotopic (exact) mass is 269 g/mol.